The molecule has 0 bridgehead atoms. The summed E-state index contributed by atoms with van der Waals surface area (Å²) in [5, 5.41) is 6.72. The van der Waals surface area contributed by atoms with Crippen molar-refractivity contribution < 1.29 is 13.2 Å². The summed E-state index contributed by atoms with van der Waals surface area (Å²) in [6.07, 6.45) is -4.40. The molecule has 0 aliphatic rings. The van der Waals surface area contributed by atoms with Crippen molar-refractivity contribution in [1.29, 1.82) is 0 Å². The molecule has 0 amide bonds. The summed E-state index contributed by atoms with van der Waals surface area (Å²) >= 11 is 0. The summed E-state index contributed by atoms with van der Waals surface area (Å²) in [6, 6.07) is 4.47. The first-order valence-corrected chi connectivity index (χ1v) is 6.93. The summed E-state index contributed by atoms with van der Waals surface area (Å²) in [4.78, 5) is 19.0. The predicted molar refractivity (Wildman–Crippen MR) is 79.0 cm³/mol. The van der Waals surface area contributed by atoms with E-state index >= 15 is 0 Å². The first-order valence-electron chi connectivity index (χ1n) is 6.93. The number of nitrogens with one attached hydrogen (secondary N) is 2. The molecule has 0 atom stereocenters. The highest BCUT2D eigenvalue weighted by Crippen LogP contribution is 2.30. The van der Waals surface area contributed by atoms with E-state index in [-0.39, 0.29) is 17.3 Å². The predicted octanol–water partition coefficient (Wildman–Crippen LogP) is 3.46. The van der Waals surface area contributed by atoms with E-state index in [0.29, 0.717) is 16.8 Å². The number of aromatic nitrogens is 4. The summed E-state index contributed by atoms with van der Waals surface area (Å²) in [5.41, 5.74) is 0.527. The molecule has 3 rings (SSSR count). The number of fused-ring (bicyclic) bond motifs is 1. The van der Waals surface area contributed by atoms with Gasteiger partial charge in [-0.1, -0.05) is 26.0 Å². The third-order valence-corrected chi connectivity index (χ3v) is 3.50. The zero-order valence-electron chi connectivity index (χ0n) is 12.3. The normalized spacial score (nSPS) is 12.3. The van der Waals surface area contributed by atoms with Crippen LogP contribution in [0.3, 0.4) is 0 Å². The largest absolute Gasteiger partial charge is 0.416 e. The Morgan fingerprint density at radius 2 is 1.74 bits per heavy atom. The quantitative estimate of drug-likeness (QED) is 0.759. The van der Waals surface area contributed by atoms with Crippen molar-refractivity contribution in [3.8, 4) is 11.4 Å². The molecule has 0 spiro atoms. The number of halogens is 3. The summed E-state index contributed by atoms with van der Waals surface area (Å²) in [5.74, 6) is 0.286. The first-order chi connectivity index (χ1) is 10.8. The second-order valence-electron chi connectivity index (χ2n) is 5.48. The summed E-state index contributed by atoms with van der Waals surface area (Å²) < 4.78 is 37.8. The molecule has 120 valence electrons. The van der Waals surface area contributed by atoms with Gasteiger partial charge in [0.15, 0.2) is 5.52 Å². The Morgan fingerprint density at radius 3 is 2.30 bits per heavy atom. The first kappa shape index (κ1) is 15.3. The van der Waals surface area contributed by atoms with Gasteiger partial charge < -0.3 is 4.98 Å². The van der Waals surface area contributed by atoms with Crippen LogP contribution >= 0.6 is 0 Å². The number of hydrogen-bond donors (Lipinski definition) is 2. The lowest BCUT2D eigenvalue weighted by molar-refractivity contribution is -0.137. The molecule has 23 heavy (non-hydrogen) atoms. The molecular formula is C15H13F3N4O. The highest BCUT2D eigenvalue weighted by atomic mass is 19.4. The number of alkyl halides is 3. The van der Waals surface area contributed by atoms with Gasteiger partial charge in [0.25, 0.3) is 5.56 Å². The zero-order chi connectivity index (χ0) is 16.8. The Kier molecular flexibility index (Phi) is 3.46. The topological polar surface area (TPSA) is 74.4 Å². The van der Waals surface area contributed by atoms with Crippen LogP contribution in [0, 0.1) is 0 Å². The second-order valence-corrected chi connectivity index (χ2v) is 5.48. The molecule has 0 unspecified atom stereocenters. The minimum Gasteiger partial charge on any atom is -0.305 e. The molecule has 5 nitrogen and oxygen atoms in total. The van der Waals surface area contributed by atoms with Gasteiger partial charge in [0.05, 0.1) is 11.3 Å². The molecule has 0 fully saturated rings. The smallest absolute Gasteiger partial charge is 0.305 e. The minimum absolute atomic E-state index is 0.0785. The van der Waals surface area contributed by atoms with Crippen LogP contribution in [-0.2, 0) is 6.18 Å². The number of hydrogen-bond acceptors (Lipinski definition) is 3. The van der Waals surface area contributed by atoms with Crippen molar-refractivity contribution in [2.45, 2.75) is 25.9 Å². The van der Waals surface area contributed by atoms with Gasteiger partial charge in [-0.15, -0.1) is 0 Å². The Balaban J connectivity index is 2.13. The highest BCUT2D eigenvalue weighted by molar-refractivity contribution is 5.78. The fourth-order valence-corrected chi connectivity index (χ4v) is 2.28. The molecule has 2 N–H and O–H groups in total. The lowest BCUT2D eigenvalue weighted by Gasteiger charge is -2.07. The fourth-order valence-electron chi connectivity index (χ4n) is 2.28. The van der Waals surface area contributed by atoms with E-state index in [4.69, 9.17) is 0 Å². The van der Waals surface area contributed by atoms with E-state index in [2.05, 4.69) is 20.2 Å². The van der Waals surface area contributed by atoms with Gasteiger partial charge in [-0.05, 0) is 18.1 Å². The Morgan fingerprint density at radius 1 is 1.09 bits per heavy atom. The molecule has 0 radical (unpaired) electrons. The van der Waals surface area contributed by atoms with E-state index < -0.39 is 17.3 Å². The SMILES string of the molecule is CC(C)c1[nH]nc2c(=O)[nH]c(-c3ccc(C(F)(F)F)cc3)nc12. The molecule has 0 aliphatic heterocycles. The Hall–Kier alpha value is -2.64. The van der Waals surface area contributed by atoms with Crippen LogP contribution in [0.5, 0.6) is 0 Å². The lowest BCUT2D eigenvalue weighted by Crippen LogP contribution is -2.10. The van der Waals surface area contributed by atoms with E-state index in [1.807, 2.05) is 13.8 Å². The number of rotatable bonds is 2. The molecule has 0 saturated heterocycles. The van der Waals surface area contributed by atoms with Crippen LogP contribution < -0.4 is 5.56 Å². The van der Waals surface area contributed by atoms with Crippen LogP contribution in [0.1, 0.15) is 31.0 Å². The van der Waals surface area contributed by atoms with E-state index in [1.165, 1.54) is 12.1 Å². The van der Waals surface area contributed by atoms with Crippen molar-refractivity contribution in [3.63, 3.8) is 0 Å². The highest BCUT2D eigenvalue weighted by Gasteiger charge is 2.30. The van der Waals surface area contributed by atoms with Gasteiger partial charge >= 0.3 is 6.18 Å². The van der Waals surface area contributed by atoms with Crippen LogP contribution in [0.4, 0.5) is 13.2 Å². The molecule has 8 heteroatoms. The maximum atomic E-state index is 12.6. The number of aromatic amines is 2. The Labute approximate surface area is 128 Å². The Bertz CT molecular complexity index is 907. The van der Waals surface area contributed by atoms with Gasteiger partial charge in [0.2, 0.25) is 0 Å². The van der Waals surface area contributed by atoms with Gasteiger partial charge in [-0.3, -0.25) is 9.89 Å². The fraction of sp³-hybridized carbons (Fsp3) is 0.267. The van der Waals surface area contributed by atoms with Crippen LogP contribution in [0.15, 0.2) is 29.1 Å². The standard InChI is InChI=1S/C15H13F3N4O/c1-7(2)10-11-12(22-21-10)14(23)20-13(19-11)8-3-5-9(6-4-8)15(16,17)18/h3-7H,1-2H3,(H,21,22)(H,19,20,23). The van der Waals surface area contributed by atoms with Crippen molar-refractivity contribution in [2.75, 3.05) is 0 Å². The van der Waals surface area contributed by atoms with Gasteiger partial charge in [-0.2, -0.15) is 18.3 Å². The number of benzene rings is 1. The third kappa shape index (κ3) is 2.71. The number of H-pyrrole nitrogens is 2. The molecule has 2 heterocycles. The molecule has 0 saturated carbocycles. The van der Waals surface area contributed by atoms with Crippen molar-refractivity contribution in [2.24, 2.45) is 0 Å². The summed E-state index contributed by atoms with van der Waals surface area (Å²) in [6.45, 7) is 3.85. The average Bonchev–Trinajstić information content (AvgIpc) is 2.91. The summed E-state index contributed by atoms with van der Waals surface area (Å²) in [7, 11) is 0. The van der Waals surface area contributed by atoms with Crippen LogP contribution in [0.25, 0.3) is 22.4 Å². The molecule has 2 aromatic heterocycles. The lowest BCUT2D eigenvalue weighted by atomic mass is 10.1. The second kappa shape index (κ2) is 5.22. The van der Waals surface area contributed by atoms with Gasteiger partial charge in [-0.25, -0.2) is 4.98 Å². The van der Waals surface area contributed by atoms with E-state index in [1.54, 1.807) is 0 Å². The van der Waals surface area contributed by atoms with Gasteiger partial charge in [0.1, 0.15) is 11.3 Å². The molecular weight excluding hydrogens is 309 g/mol. The third-order valence-electron chi connectivity index (χ3n) is 3.50. The van der Waals surface area contributed by atoms with Crippen molar-refractivity contribution in [3.05, 3.63) is 45.9 Å². The van der Waals surface area contributed by atoms with Gasteiger partial charge in [0, 0.05) is 5.56 Å². The van der Waals surface area contributed by atoms with Crippen LogP contribution in [0.2, 0.25) is 0 Å². The van der Waals surface area contributed by atoms with Crippen molar-refractivity contribution in [1.82, 2.24) is 20.2 Å². The maximum Gasteiger partial charge on any atom is 0.416 e. The van der Waals surface area contributed by atoms with E-state index in [0.717, 1.165) is 12.1 Å². The number of nitrogens with zero attached hydrogens (tertiary/aromatic N) is 2. The minimum atomic E-state index is -4.40. The average molecular weight is 322 g/mol. The monoisotopic (exact) mass is 322 g/mol. The molecule has 3 aromatic rings. The van der Waals surface area contributed by atoms with Crippen LogP contribution in [-0.4, -0.2) is 20.2 Å². The molecule has 1 aromatic carbocycles. The van der Waals surface area contributed by atoms with Crippen molar-refractivity contribution >= 4 is 11.0 Å². The zero-order valence-corrected chi connectivity index (χ0v) is 12.3. The van der Waals surface area contributed by atoms with E-state index in [9.17, 15) is 18.0 Å². The molecule has 0 aliphatic carbocycles. The maximum absolute atomic E-state index is 12.6.